The van der Waals surface area contributed by atoms with Gasteiger partial charge in [0.05, 0.1) is 5.69 Å². The summed E-state index contributed by atoms with van der Waals surface area (Å²) in [4.78, 5) is 0. The van der Waals surface area contributed by atoms with Gasteiger partial charge in [0.1, 0.15) is 0 Å². The molecule has 72 valence electrons. The molecule has 0 heterocycles. The molecule has 0 spiro atoms. The zero-order valence-corrected chi connectivity index (χ0v) is 6.85. The van der Waals surface area contributed by atoms with Gasteiger partial charge in [-0.15, -0.1) is 13.2 Å². The first-order chi connectivity index (χ1) is 5.90. The molecule has 0 bridgehead atoms. The van der Waals surface area contributed by atoms with Gasteiger partial charge in [0.25, 0.3) is 0 Å². The van der Waals surface area contributed by atoms with E-state index >= 15 is 0 Å². The molecule has 1 rings (SSSR count). The summed E-state index contributed by atoms with van der Waals surface area (Å²) in [6.45, 7) is 1.61. The molecular weight excluding hydrogens is 183 g/mol. The van der Waals surface area contributed by atoms with Gasteiger partial charge >= 0.3 is 6.36 Å². The molecule has 0 aliphatic rings. The first kappa shape index (κ1) is 9.70. The largest absolute Gasteiger partial charge is 0.573 e. The van der Waals surface area contributed by atoms with Crippen LogP contribution >= 0.6 is 0 Å². The average molecular weight is 191 g/mol. The molecule has 0 atom stereocenters. The summed E-state index contributed by atoms with van der Waals surface area (Å²) in [6.07, 6.45) is -4.69. The van der Waals surface area contributed by atoms with Crippen molar-refractivity contribution in [3.63, 3.8) is 0 Å². The number of benzene rings is 1. The summed E-state index contributed by atoms with van der Waals surface area (Å²) in [5.41, 5.74) is 5.94. The maximum atomic E-state index is 11.8. The average Bonchev–Trinajstić information content (AvgIpc) is 1.96. The highest BCUT2D eigenvalue weighted by Crippen LogP contribution is 2.29. The molecule has 2 N–H and O–H groups in total. The summed E-state index contributed by atoms with van der Waals surface area (Å²) in [6, 6.07) is 4.24. The second-order valence-electron chi connectivity index (χ2n) is 2.53. The molecule has 0 saturated heterocycles. The van der Waals surface area contributed by atoms with Gasteiger partial charge in [0.2, 0.25) is 0 Å². The summed E-state index contributed by atoms with van der Waals surface area (Å²) < 4.78 is 39.0. The smallest absolute Gasteiger partial charge is 0.404 e. The van der Waals surface area contributed by atoms with E-state index in [0.29, 0.717) is 5.56 Å². The van der Waals surface area contributed by atoms with Gasteiger partial charge in [-0.2, -0.15) is 0 Å². The van der Waals surface area contributed by atoms with Gasteiger partial charge in [0, 0.05) is 0 Å². The number of hydrogen-bond donors (Lipinski definition) is 1. The normalized spacial score (nSPS) is 11.4. The number of ether oxygens (including phenoxy) is 1. The summed E-state index contributed by atoms with van der Waals surface area (Å²) in [7, 11) is 0. The summed E-state index contributed by atoms with van der Waals surface area (Å²) in [5.74, 6) is -0.354. The van der Waals surface area contributed by atoms with Crippen LogP contribution in [0.25, 0.3) is 0 Å². The van der Waals surface area contributed by atoms with E-state index in [9.17, 15) is 13.2 Å². The number of rotatable bonds is 1. The second-order valence-corrected chi connectivity index (χ2v) is 2.53. The van der Waals surface area contributed by atoms with Crippen LogP contribution in [0.15, 0.2) is 18.2 Å². The molecule has 0 fully saturated rings. The van der Waals surface area contributed by atoms with Crippen molar-refractivity contribution in [3.05, 3.63) is 23.8 Å². The summed E-state index contributed by atoms with van der Waals surface area (Å²) >= 11 is 0. The molecule has 0 aliphatic heterocycles. The van der Waals surface area contributed by atoms with E-state index in [1.165, 1.54) is 12.1 Å². The van der Waals surface area contributed by atoms with Crippen molar-refractivity contribution in [2.45, 2.75) is 13.3 Å². The Balaban J connectivity index is 2.96. The fraction of sp³-hybridized carbons (Fsp3) is 0.250. The lowest BCUT2D eigenvalue weighted by Gasteiger charge is -2.11. The Morgan fingerprint density at radius 1 is 1.31 bits per heavy atom. The Bertz CT molecular complexity index is 309. The van der Waals surface area contributed by atoms with Gasteiger partial charge in [-0.25, -0.2) is 0 Å². The lowest BCUT2D eigenvalue weighted by Crippen LogP contribution is -2.18. The fourth-order valence-electron chi connectivity index (χ4n) is 0.867. The minimum absolute atomic E-state index is 0.0137. The third-order valence-electron chi connectivity index (χ3n) is 1.51. The number of nitrogens with two attached hydrogens (primary N) is 1. The van der Waals surface area contributed by atoms with Crippen LogP contribution in [0.2, 0.25) is 0 Å². The highest BCUT2D eigenvalue weighted by molar-refractivity contribution is 5.57. The maximum Gasteiger partial charge on any atom is 0.573 e. The van der Waals surface area contributed by atoms with E-state index in [4.69, 9.17) is 5.73 Å². The van der Waals surface area contributed by atoms with Gasteiger partial charge in [-0.05, 0) is 18.6 Å². The van der Waals surface area contributed by atoms with E-state index in [1.54, 1.807) is 13.0 Å². The second kappa shape index (κ2) is 3.16. The van der Waals surface area contributed by atoms with Crippen LogP contribution in [-0.2, 0) is 0 Å². The third-order valence-corrected chi connectivity index (χ3v) is 1.51. The fourth-order valence-corrected chi connectivity index (χ4v) is 0.867. The zero-order chi connectivity index (χ0) is 10.1. The van der Waals surface area contributed by atoms with Gasteiger partial charge in [-0.3, -0.25) is 0 Å². The molecule has 0 aromatic heterocycles. The van der Waals surface area contributed by atoms with Crippen molar-refractivity contribution >= 4 is 5.69 Å². The van der Waals surface area contributed by atoms with Crippen LogP contribution in [0.1, 0.15) is 5.56 Å². The van der Waals surface area contributed by atoms with Crippen molar-refractivity contribution in [2.75, 3.05) is 5.73 Å². The Morgan fingerprint density at radius 2 is 1.92 bits per heavy atom. The molecule has 1 aromatic carbocycles. The molecule has 0 amide bonds. The molecular formula is C8H8F3NO. The minimum atomic E-state index is -4.69. The molecule has 5 heteroatoms. The Kier molecular flexibility index (Phi) is 2.36. The van der Waals surface area contributed by atoms with Crippen molar-refractivity contribution in [1.29, 1.82) is 0 Å². The number of alkyl halides is 3. The number of anilines is 1. The number of hydrogen-bond acceptors (Lipinski definition) is 2. The first-order valence-electron chi connectivity index (χ1n) is 3.51. The highest BCUT2D eigenvalue weighted by Gasteiger charge is 2.31. The number of halogens is 3. The van der Waals surface area contributed by atoms with Crippen LogP contribution in [0.4, 0.5) is 18.9 Å². The quantitative estimate of drug-likeness (QED) is 0.692. The van der Waals surface area contributed by atoms with E-state index in [1.807, 2.05) is 0 Å². The first-order valence-corrected chi connectivity index (χ1v) is 3.51. The molecule has 13 heavy (non-hydrogen) atoms. The van der Waals surface area contributed by atoms with E-state index in [0.717, 1.165) is 0 Å². The zero-order valence-electron chi connectivity index (χ0n) is 6.85. The minimum Gasteiger partial charge on any atom is -0.404 e. The standard InChI is InChI=1S/C8H8F3NO/c1-5-3-2-4-6(7(5)12)13-8(9,10)11/h2-4H,12H2,1H3. The number of nitrogen functional groups attached to an aromatic ring is 1. The van der Waals surface area contributed by atoms with Crippen molar-refractivity contribution in [1.82, 2.24) is 0 Å². The lowest BCUT2D eigenvalue weighted by molar-refractivity contribution is -0.274. The number of aryl methyl sites for hydroxylation is 1. The lowest BCUT2D eigenvalue weighted by atomic mass is 10.2. The van der Waals surface area contributed by atoms with E-state index in [-0.39, 0.29) is 11.4 Å². The Hall–Kier alpha value is -1.39. The highest BCUT2D eigenvalue weighted by atomic mass is 19.4. The maximum absolute atomic E-state index is 11.8. The van der Waals surface area contributed by atoms with Crippen LogP contribution in [0, 0.1) is 6.92 Å². The van der Waals surface area contributed by atoms with Crippen LogP contribution in [0.5, 0.6) is 5.75 Å². The molecule has 0 saturated carbocycles. The van der Waals surface area contributed by atoms with Crippen molar-refractivity contribution in [2.24, 2.45) is 0 Å². The third kappa shape index (κ3) is 2.54. The molecule has 2 nitrogen and oxygen atoms in total. The predicted molar refractivity (Wildman–Crippen MR) is 42.3 cm³/mol. The SMILES string of the molecule is Cc1cccc(OC(F)(F)F)c1N. The topological polar surface area (TPSA) is 35.2 Å². The van der Waals surface area contributed by atoms with Crippen molar-refractivity contribution < 1.29 is 17.9 Å². The van der Waals surface area contributed by atoms with Gasteiger partial charge in [0.15, 0.2) is 5.75 Å². The number of para-hydroxylation sites is 1. The molecule has 1 aromatic rings. The Labute approximate surface area is 73.1 Å². The van der Waals surface area contributed by atoms with Gasteiger partial charge < -0.3 is 10.5 Å². The van der Waals surface area contributed by atoms with Gasteiger partial charge in [-0.1, -0.05) is 12.1 Å². The predicted octanol–water partition coefficient (Wildman–Crippen LogP) is 2.48. The summed E-state index contributed by atoms with van der Waals surface area (Å²) in [5, 5.41) is 0. The van der Waals surface area contributed by atoms with Crippen LogP contribution < -0.4 is 10.5 Å². The van der Waals surface area contributed by atoms with E-state index in [2.05, 4.69) is 4.74 Å². The molecule has 0 aliphatic carbocycles. The monoisotopic (exact) mass is 191 g/mol. The molecule has 0 radical (unpaired) electrons. The van der Waals surface area contributed by atoms with Crippen LogP contribution in [0.3, 0.4) is 0 Å². The van der Waals surface area contributed by atoms with Crippen molar-refractivity contribution in [3.8, 4) is 5.75 Å². The van der Waals surface area contributed by atoms with Crippen LogP contribution in [-0.4, -0.2) is 6.36 Å². The molecule has 0 unspecified atom stereocenters. The van der Waals surface area contributed by atoms with E-state index < -0.39 is 6.36 Å². The Morgan fingerprint density at radius 3 is 2.46 bits per heavy atom.